The third kappa shape index (κ3) is 1.74. The van der Waals surface area contributed by atoms with Crippen molar-refractivity contribution in [1.82, 2.24) is 4.98 Å². The number of hydrogen-bond acceptors (Lipinski definition) is 1. The predicted molar refractivity (Wildman–Crippen MR) is 58.8 cm³/mol. The molecule has 0 aliphatic rings. The largest absolute Gasteiger partial charge is 0.494 e. The van der Waals surface area contributed by atoms with Crippen molar-refractivity contribution in [3.8, 4) is 5.75 Å². The summed E-state index contributed by atoms with van der Waals surface area (Å²) in [6, 6.07) is 8.28. The molecule has 0 unspecified atom stereocenters. The number of hydrogen-bond donors (Lipinski definition) is 1. The van der Waals surface area contributed by atoms with E-state index in [4.69, 9.17) is 4.74 Å². The molecule has 0 saturated carbocycles. The summed E-state index contributed by atoms with van der Waals surface area (Å²) in [6.45, 7) is 4.96. The van der Waals surface area contributed by atoms with Crippen LogP contribution in [-0.2, 0) is 0 Å². The number of aryl methyl sites for hydroxylation is 1. The van der Waals surface area contributed by atoms with Crippen molar-refractivity contribution in [2.45, 2.75) is 20.3 Å². The molecule has 0 atom stereocenters. The summed E-state index contributed by atoms with van der Waals surface area (Å²) in [5.74, 6) is 0.957. The van der Waals surface area contributed by atoms with Crippen molar-refractivity contribution in [2.75, 3.05) is 6.61 Å². The quantitative estimate of drug-likeness (QED) is 0.787. The molecule has 1 heterocycles. The van der Waals surface area contributed by atoms with Gasteiger partial charge in [-0.15, -0.1) is 0 Å². The maximum Gasteiger partial charge on any atom is 0.120 e. The number of aromatic nitrogens is 1. The number of aromatic amines is 1. The number of nitrogens with one attached hydrogen (secondary N) is 1. The van der Waals surface area contributed by atoms with Gasteiger partial charge in [-0.05, 0) is 37.6 Å². The van der Waals surface area contributed by atoms with Crippen LogP contribution < -0.4 is 4.74 Å². The Labute approximate surface area is 83.9 Å². The summed E-state index contributed by atoms with van der Waals surface area (Å²) in [6.07, 6.45) is 1.05. The molecule has 2 heteroatoms. The number of H-pyrrole nitrogens is 1. The average Bonchev–Trinajstić information content (AvgIpc) is 2.54. The molecule has 2 nitrogen and oxygen atoms in total. The Kier molecular flexibility index (Phi) is 2.44. The first-order valence-corrected chi connectivity index (χ1v) is 5.02. The van der Waals surface area contributed by atoms with Crippen LogP contribution in [0.15, 0.2) is 24.3 Å². The highest BCUT2D eigenvalue weighted by Gasteiger charge is 1.99. The van der Waals surface area contributed by atoms with Crippen LogP contribution in [0.5, 0.6) is 5.75 Å². The maximum absolute atomic E-state index is 5.56. The summed E-state index contributed by atoms with van der Waals surface area (Å²) in [5, 5.41) is 1.22. The second-order valence-corrected chi connectivity index (χ2v) is 3.55. The smallest absolute Gasteiger partial charge is 0.120 e. The summed E-state index contributed by atoms with van der Waals surface area (Å²) in [4.78, 5) is 3.29. The predicted octanol–water partition coefficient (Wildman–Crippen LogP) is 3.27. The van der Waals surface area contributed by atoms with Crippen molar-refractivity contribution in [2.24, 2.45) is 0 Å². The summed E-state index contributed by atoms with van der Waals surface area (Å²) in [7, 11) is 0. The topological polar surface area (TPSA) is 25.0 Å². The first-order chi connectivity index (χ1) is 6.79. The van der Waals surface area contributed by atoms with E-state index in [-0.39, 0.29) is 0 Å². The van der Waals surface area contributed by atoms with Crippen LogP contribution >= 0.6 is 0 Å². The molecular formula is C12H15NO. The molecule has 0 amide bonds. The fourth-order valence-electron chi connectivity index (χ4n) is 1.57. The van der Waals surface area contributed by atoms with Gasteiger partial charge in [-0.2, -0.15) is 0 Å². The molecule has 2 aromatic rings. The van der Waals surface area contributed by atoms with Crippen LogP contribution in [0.25, 0.3) is 10.9 Å². The molecule has 1 aromatic heterocycles. The molecule has 0 radical (unpaired) electrons. The second kappa shape index (κ2) is 3.74. The van der Waals surface area contributed by atoms with Crippen molar-refractivity contribution < 1.29 is 4.74 Å². The van der Waals surface area contributed by atoms with E-state index in [1.54, 1.807) is 0 Å². The monoisotopic (exact) mass is 189 g/mol. The Morgan fingerprint density at radius 1 is 1.29 bits per heavy atom. The molecule has 0 bridgehead atoms. The van der Waals surface area contributed by atoms with E-state index in [0.29, 0.717) is 0 Å². The van der Waals surface area contributed by atoms with Crippen LogP contribution in [0, 0.1) is 6.92 Å². The van der Waals surface area contributed by atoms with Gasteiger partial charge in [-0.3, -0.25) is 0 Å². The van der Waals surface area contributed by atoms with E-state index < -0.39 is 0 Å². The number of fused-ring (bicyclic) bond motifs is 1. The minimum Gasteiger partial charge on any atom is -0.494 e. The van der Waals surface area contributed by atoms with Gasteiger partial charge in [0.15, 0.2) is 0 Å². The number of rotatable bonds is 3. The number of ether oxygens (including phenoxy) is 1. The molecule has 0 saturated heterocycles. The Balaban J connectivity index is 2.31. The third-order valence-corrected chi connectivity index (χ3v) is 2.20. The molecule has 1 N–H and O–H groups in total. The number of benzene rings is 1. The van der Waals surface area contributed by atoms with Gasteiger partial charge in [0.2, 0.25) is 0 Å². The van der Waals surface area contributed by atoms with E-state index in [1.807, 2.05) is 6.07 Å². The van der Waals surface area contributed by atoms with Gasteiger partial charge in [-0.1, -0.05) is 6.92 Å². The van der Waals surface area contributed by atoms with E-state index in [2.05, 4.69) is 37.0 Å². The zero-order chi connectivity index (χ0) is 9.97. The standard InChI is InChI=1S/C12H15NO/c1-3-6-14-11-4-5-12-10(8-11)7-9(2)13-12/h4-5,7-8,13H,3,6H2,1-2H3. The lowest BCUT2D eigenvalue weighted by atomic mass is 10.2. The van der Waals surface area contributed by atoms with Crippen LogP contribution in [0.2, 0.25) is 0 Å². The SMILES string of the molecule is CCCOc1ccc2[nH]c(C)cc2c1. The molecule has 14 heavy (non-hydrogen) atoms. The summed E-state index contributed by atoms with van der Waals surface area (Å²) in [5.41, 5.74) is 2.36. The van der Waals surface area contributed by atoms with E-state index in [0.717, 1.165) is 18.8 Å². The van der Waals surface area contributed by atoms with Gasteiger partial charge in [0.25, 0.3) is 0 Å². The van der Waals surface area contributed by atoms with Crippen LogP contribution in [0.1, 0.15) is 19.0 Å². The molecular weight excluding hydrogens is 174 g/mol. The van der Waals surface area contributed by atoms with Gasteiger partial charge in [0.1, 0.15) is 5.75 Å². The lowest BCUT2D eigenvalue weighted by Gasteiger charge is -2.03. The molecule has 0 fully saturated rings. The summed E-state index contributed by atoms with van der Waals surface area (Å²) < 4.78 is 5.56. The highest BCUT2D eigenvalue weighted by atomic mass is 16.5. The minimum absolute atomic E-state index is 0.787. The van der Waals surface area contributed by atoms with Crippen molar-refractivity contribution in [1.29, 1.82) is 0 Å². The maximum atomic E-state index is 5.56. The highest BCUT2D eigenvalue weighted by Crippen LogP contribution is 2.21. The Morgan fingerprint density at radius 2 is 2.14 bits per heavy atom. The lowest BCUT2D eigenvalue weighted by molar-refractivity contribution is 0.318. The van der Waals surface area contributed by atoms with E-state index in [9.17, 15) is 0 Å². The van der Waals surface area contributed by atoms with Gasteiger partial charge in [-0.25, -0.2) is 0 Å². The van der Waals surface area contributed by atoms with Gasteiger partial charge < -0.3 is 9.72 Å². The highest BCUT2D eigenvalue weighted by molar-refractivity contribution is 5.81. The molecule has 0 aliphatic carbocycles. The van der Waals surface area contributed by atoms with Gasteiger partial charge in [0, 0.05) is 16.6 Å². The molecule has 1 aromatic carbocycles. The average molecular weight is 189 g/mol. The van der Waals surface area contributed by atoms with E-state index >= 15 is 0 Å². The zero-order valence-corrected chi connectivity index (χ0v) is 8.63. The van der Waals surface area contributed by atoms with Crippen LogP contribution in [0.4, 0.5) is 0 Å². The van der Waals surface area contributed by atoms with Gasteiger partial charge in [0.05, 0.1) is 6.61 Å². The van der Waals surface area contributed by atoms with E-state index in [1.165, 1.54) is 16.6 Å². The third-order valence-electron chi connectivity index (χ3n) is 2.20. The van der Waals surface area contributed by atoms with Crippen molar-refractivity contribution in [3.63, 3.8) is 0 Å². The molecule has 2 rings (SSSR count). The zero-order valence-electron chi connectivity index (χ0n) is 8.63. The first kappa shape index (κ1) is 9.13. The summed E-state index contributed by atoms with van der Waals surface area (Å²) >= 11 is 0. The lowest BCUT2D eigenvalue weighted by Crippen LogP contribution is -1.94. The Hall–Kier alpha value is -1.44. The molecule has 74 valence electrons. The van der Waals surface area contributed by atoms with Crippen LogP contribution in [0.3, 0.4) is 0 Å². The van der Waals surface area contributed by atoms with Crippen molar-refractivity contribution >= 4 is 10.9 Å². The Morgan fingerprint density at radius 3 is 2.93 bits per heavy atom. The van der Waals surface area contributed by atoms with Crippen molar-refractivity contribution in [3.05, 3.63) is 30.0 Å². The molecule has 0 spiro atoms. The Bertz CT molecular complexity index is 431. The normalized spacial score (nSPS) is 10.7. The second-order valence-electron chi connectivity index (χ2n) is 3.55. The fraction of sp³-hybridized carbons (Fsp3) is 0.333. The fourth-order valence-corrected chi connectivity index (χ4v) is 1.57. The van der Waals surface area contributed by atoms with Gasteiger partial charge >= 0.3 is 0 Å². The van der Waals surface area contributed by atoms with Crippen LogP contribution in [-0.4, -0.2) is 11.6 Å². The molecule has 0 aliphatic heterocycles. The first-order valence-electron chi connectivity index (χ1n) is 5.02. The minimum atomic E-state index is 0.787.